The van der Waals surface area contributed by atoms with Gasteiger partial charge in [-0.05, 0) is 47.7 Å². The van der Waals surface area contributed by atoms with E-state index in [4.69, 9.17) is 19.2 Å². The molecule has 1 N–H and O–H groups in total. The summed E-state index contributed by atoms with van der Waals surface area (Å²) in [5.41, 5.74) is 3.42. The normalized spacial score (nSPS) is 16.0. The van der Waals surface area contributed by atoms with E-state index in [9.17, 15) is 9.59 Å². The van der Waals surface area contributed by atoms with E-state index in [0.717, 1.165) is 16.8 Å². The van der Waals surface area contributed by atoms with Crippen molar-refractivity contribution in [3.05, 3.63) is 118 Å². The molecule has 0 spiro atoms. The zero-order valence-electron chi connectivity index (χ0n) is 22.9. The fourth-order valence-corrected chi connectivity index (χ4v) is 5.60. The highest BCUT2D eigenvalue weighted by Crippen LogP contribution is 2.45. The van der Waals surface area contributed by atoms with Crippen molar-refractivity contribution >= 4 is 28.8 Å². The van der Waals surface area contributed by atoms with E-state index in [-0.39, 0.29) is 18.9 Å². The van der Waals surface area contributed by atoms with Crippen LogP contribution in [-0.4, -0.2) is 42.2 Å². The molecule has 0 fully saturated rings. The molecule has 2 heterocycles. The van der Waals surface area contributed by atoms with Gasteiger partial charge in [0.2, 0.25) is 5.91 Å². The number of nitrogens with one attached hydrogen (secondary N) is 1. The number of fused-ring (bicyclic) bond motifs is 1. The van der Waals surface area contributed by atoms with Crippen LogP contribution in [0.1, 0.15) is 30.5 Å². The van der Waals surface area contributed by atoms with E-state index in [2.05, 4.69) is 5.32 Å². The van der Waals surface area contributed by atoms with Gasteiger partial charge in [-0.1, -0.05) is 72.4 Å². The molecule has 0 unspecified atom stereocenters. The largest absolute Gasteiger partial charge is 0.457 e. The second kappa shape index (κ2) is 13.3. The van der Waals surface area contributed by atoms with Crippen LogP contribution in [0, 0.1) is 0 Å². The summed E-state index contributed by atoms with van der Waals surface area (Å²) in [5, 5.41) is 5.48. The Morgan fingerprint density at radius 1 is 0.976 bits per heavy atom. The van der Waals surface area contributed by atoms with Gasteiger partial charge in [-0.25, -0.2) is 9.79 Å². The van der Waals surface area contributed by atoms with E-state index in [1.807, 2.05) is 102 Å². The minimum Gasteiger partial charge on any atom is -0.457 e. The number of amidine groups is 1. The van der Waals surface area contributed by atoms with Gasteiger partial charge in [0.15, 0.2) is 5.17 Å². The number of para-hydroxylation sites is 1. The molecule has 210 valence electrons. The van der Waals surface area contributed by atoms with Gasteiger partial charge in [-0.15, -0.1) is 0 Å². The van der Waals surface area contributed by atoms with Crippen LogP contribution in [0.2, 0.25) is 0 Å². The molecule has 9 heteroatoms. The predicted octanol–water partition coefficient (Wildman–Crippen LogP) is 5.95. The van der Waals surface area contributed by atoms with Gasteiger partial charge in [0.1, 0.15) is 18.1 Å². The molecular formula is C32H31N3O5S. The van der Waals surface area contributed by atoms with Gasteiger partial charge in [0, 0.05) is 19.4 Å². The van der Waals surface area contributed by atoms with Crippen LogP contribution in [0.5, 0.6) is 11.5 Å². The molecule has 5 rings (SSSR count). The number of carbonyl (C=O) groups is 2. The highest BCUT2D eigenvalue weighted by atomic mass is 32.2. The minimum absolute atomic E-state index is 0.123. The lowest BCUT2D eigenvalue weighted by molar-refractivity contribution is -0.141. The molecule has 0 radical (unpaired) electrons. The van der Waals surface area contributed by atoms with Crippen LogP contribution in [-0.2, 0) is 25.7 Å². The number of allylic oxidation sites excluding steroid dienone is 1. The second-order valence-electron chi connectivity index (χ2n) is 9.46. The number of hydrogen-bond donors (Lipinski definition) is 1. The molecule has 0 bridgehead atoms. The molecular weight excluding hydrogens is 538 g/mol. The topological polar surface area (TPSA) is 89.5 Å². The van der Waals surface area contributed by atoms with Crippen molar-refractivity contribution in [1.82, 2.24) is 10.2 Å². The van der Waals surface area contributed by atoms with E-state index >= 15 is 0 Å². The van der Waals surface area contributed by atoms with Crippen molar-refractivity contribution in [2.45, 2.75) is 26.0 Å². The van der Waals surface area contributed by atoms with Crippen molar-refractivity contribution in [2.75, 3.05) is 20.3 Å². The number of nitrogens with zero attached hydrogens (tertiary/aromatic N) is 2. The molecule has 1 atom stereocenters. The first-order valence-electron chi connectivity index (χ1n) is 13.3. The quantitative estimate of drug-likeness (QED) is 0.225. The number of hydrogen-bond acceptors (Lipinski definition) is 8. The Morgan fingerprint density at radius 2 is 1.71 bits per heavy atom. The van der Waals surface area contributed by atoms with Gasteiger partial charge < -0.3 is 24.4 Å². The Kier molecular flexibility index (Phi) is 9.18. The highest BCUT2D eigenvalue weighted by Gasteiger charge is 2.41. The lowest BCUT2D eigenvalue weighted by Gasteiger charge is -2.36. The van der Waals surface area contributed by atoms with Gasteiger partial charge in [0.25, 0.3) is 0 Å². The Hall–Kier alpha value is -4.34. The average Bonchev–Trinajstić information content (AvgIpc) is 3.38. The van der Waals surface area contributed by atoms with Crippen LogP contribution in [0.4, 0.5) is 0 Å². The molecule has 41 heavy (non-hydrogen) atoms. The number of amides is 1. The number of ether oxygens (including phenoxy) is 3. The standard InChI is InChI=1S/C32H31N3O5S/c1-22-29(31(37)39-20-23-10-5-3-6-11-23)30(24-12-9-15-27(18-24)40-26-13-7-4-8-14-26)35-25(21-41-32(35)34-22)19-28(36)33-16-17-38-2/h3-15,18,21,30H,16-17,19-20H2,1-2H3,(H,33,36)/t30-/m0/s1. The maximum atomic E-state index is 13.7. The average molecular weight is 570 g/mol. The third-order valence-electron chi connectivity index (χ3n) is 6.56. The second-order valence-corrected chi connectivity index (χ2v) is 10.3. The van der Waals surface area contributed by atoms with E-state index in [1.54, 1.807) is 7.11 Å². The molecule has 2 aliphatic heterocycles. The number of rotatable bonds is 11. The highest BCUT2D eigenvalue weighted by molar-refractivity contribution is 8.16. The van der Waals surface area contributed by atoms with E-state index in [1.165, 1.54) is 11.8 Å². The van der Waals surface area contributed by atoms with E-state index in [0.29, 0.717) is 41.1 Å². The summed E-state index contributed by atoms with van der Waals surface area (Å²) in [6.07, 6.45) is 0.123. The Balaban J connectivity index is 1.47. The van der Waals surface area contributed by atoms with Gasteiger partial charge in [0.05, 0.1) is 30.3 Å². The maximum Gasteiger partial charge on any atom is 0.338 e. The first-order chi connectivity index (χ1) is 20.0. The molecule has 3 aromatic carbocycles. The van der Waals surface area contributed by atoms with Crippen LogP contribution < -0.4 is 10.1 Å². The molecule has 0 saturated heterocycles. The van der Waals surface area contributed by atoms with Gasteiger partial charge in [-0.3, -0.25) is 4.79 Å². The third-order valence-corrected chi connectivity index (χ3v) is 7.44. The molecule has 1 amide bonds. The monoisotopic (exact) mass is 569 g/mol. The summed E-state index contributed by atoms with van der Waals surface area (Å²) >= 11 is 1.43. The Bertz CT molecular complexity index is 1490. The minimum atomic E-state index is -0.571. The van der Waals surface area contributed by atoms with Crippen LogP contribution in [0.25, 0.3) is 0 Å². The number of esters is 1. The number of methoxy groups -OCH3 is 1. The Morgan fingerprint density at radius 3 is 2.46 bits per heavy atom. The lowest BCUT2D eigenvalue weighted by Crippen LogP contribution is -2.38. The number of aliphatic imine (C=N–C) groups is 1. The zero-order chi connectivity index (χ0) is 28.6. The van der Waals surface area contributed by atoms with E-state index < -0.39 is 12.0 Å². The summed E-state index contributed by atoms with van der Waals surface area (Å²) in [5.74, 6) is 0.723. The maximum absolute atomic E-state index is 13.7. The summed E-state index contributed by atoms with van der Waals surface area (Å²) in [6.45, 7) is 2.79. The number of thioether (sulfide) groups is 1. The summed E-state index contributed by atoms with van der Waals surface area (Å²) in [7, 11) is 1.59. The van der Waals surface area contributed by atoms with Crippen LogP contribution in [0.15, 0.2) is 112 Å². The van der Waals surface area contributed by atoms with Crippen molar-refractivity contribution in [1.29, 1.82) is 0 Å². The third kappa shape index (κ3) is 6.87. The molecule has 8 nitrogen and oxygen atoms in total. The lowest BCUT2D eigenvalue weighted by atomic mass is 9.93. The van der Waals surface area contributed by atoms with Crippen molar-refractivity contribution in [3.63, 3.8) is 0 Å². The predicted molar refractivity (Wildman–Crippen MR) is 159 cm³/mol. The van der Waals surface area contributed by atoms with Crippen molar-refractivity contribution < 1.29 is 23.8 Å². The number of carbonyl (C=O) groups excluding carboxylic acids is 2. The van der Waals surface area contributed by atoms with Crippen molar-refractivity contribution in [3.8, 4) is 11.5 Å². The zero-order valence-corrected chi connectivity index (χ0v) is 23.7. The smallest absolute Gasteiger partial charge is 0.338 e. The van der Waals surface area contributed by atoms with Crippen LogP contribution >= 0.6 is 11.8 Å². The fourth-order valence-electron chi connectivity index (χ4n) is 4.64. The molecule has 0 saturated carbocycles. The summed E-state index contributed by atoms with van der Waals surface area (Å²) in [6, 6.07) is 26.1. The molecule has 2 aliphatic rings. The summed E-state index contributed by atoms with van der Waals surface area (Å²) < 4.78 is 17.0. The van der Waals surface area contributed by atoms with Gasteiger partial charge in [-0.2, -0.15) is 0 Å². The fraction of sp³-hybridized carbons (Fsp3) is 0.219. The van der Waals surface area contributed by atoms with Gasteiger partial charge >= 0.3 is 5.97 Å². The first kappa shape index (κ1) is 28.2. The van der Waals surface area contributed by atoms with Crippen molar-refractivity contribution in [2.24, 2.45) is 4.99 Å². The molecule has 3 aromatic rings. The first-order valence-corrected chi connectivity index (χ1v) is 14.2. The SMILES string of the molecule is COCCNC(=O)CC1=CSC2=NC(C)=C(C(=O)OCc3ccccc3)[C@H](c3cccc(Oc4ccccc4)c3)N12. The molecule has 0 aliphatic carbocycles. The molecule has 0 aromatic heterocycles. The number of benzene rings is 3. The summed E-state index contributed by atoms with van der Waals surface area (Å²) in [4.78, 5) is 33.2. The Labute approximate surface area is 243 Å². The van der Waals surface area contributed by atoms with Crippen LogP contribution in [0.3, 0.4) is 0 Å².